The van der Waals surface area contributed by atoms with Gasteiger partial charge < -0.3 is 26.0 Å². The van der Waals surface area contributed by atoms with Gasteiger partial charge in [0.15, 0.2) is 0 Å². The molecule has 0 bridgehead atoms. The number of hydrogen-bond donors (Lipinski definition) is 0. The molecule has 1 fully saturated rings. The molecule has 0 saturated carbocycles. The molecule has 0 spiro atoms. The number of hydrogen-bond acceptors (Lipinski definition) is 3. The van der Waals surface area contributed by atoms with E-state index in [4.69, 9.17) is 9.05 Å². The van der Waals surface area contributed by atoms with Crippen LogP contribution in [0.5, 0.6) is 0 Å². The Morgan fingerprint density at radius 2 is 1.28 bits per heavy atom. The number of nitrogens with zero attached hydrogens (tertiary/aromatic N) is 1. The molecule has 0 aromatic rings. The van der Waals surface area contributed by atoms with E-state index in [2.05, 4.69) is 21.0 Å². The SMILES string of the molecule is CCCCCCCCCCCCCCCC[C@H]1C[N+](C)(C)CCO[P@](C)(=O)O1.[Br-]. The van der Waals surface area contributed by atoms with E-state index in [0.29, 0.717) is 6.61 Å². The lowest BCUT2D eigenvalue weighted by Gasteiger charge is -2.36. The highest BCUT2D eigenvalue weighted by Gasteiger charge is 2.32. The molecule has 0 aromatic heterocycles. The first-order valence-electron chi connectivity index (χ1n) is 12.1. The molecule has 1 rings (SSSR count). The highest BCUT2D eigenvalue weighted by molar-refractivity contribution is 7.53. The minimum Gasteiger partial charge on any atom is -1.00 e. The van der Waals surface area contributed by atoms with Crippen LogP contribution >= 0.6 is 7.60 Å². The summed E-state index contributed by atoms with van der Waals surface area (Å²) in [6.07, 6.45) is 20.3. The molecule has 176 valence electrons. The van der Waals surface area contributed by atoms with Gasteiger partial charge in [-0.2, -0.15) is 0 Å². The fourth-order valence-electron chi connectivity index (χ4n) is 4.14. The van der Waals surface area contributed by atoms with E-state index in [1.165, 1.54) is 89.9 Å². The Kier molecular flexibility index (Phi) is 17.5. The standard InChI is InChI=1S/C23H49NO3P.BrH/c1-5-6-7-8-9-10-11-12-13-14-15-16-17-18-19-23-22-24(2,3)20-21-26-28(4,25)27-23;/h23H,5-22H2,1-4H3;1H/q+1;/p-1/t23-,28-;/m0./s1. The fourth-order valence-corrected chi connectivity index (χ4v) is 5.33. The van der Waals surface area contributed by atoms with Gasteiger partial charge >= 0.3 is 7.60 Å². The Hall–Kier alpha value is 0.590. The predicted octanol–water partition coefficient (Wildman–Crippen LogP) is 4.18. The van der Waals surface area contributed by atoms with E-state index in [1.807, 2.05) is 0 Å². The van der Waals surface area contributed by atoms with Crippen molar-refractivity contribution >= 4 is 7.60 Å². The minimum absolute atomic E-state index is 0. The summed E-state index contributed by atoms with van der Waals surface area (Å²) in [6.45, 7) is 6.25. The van der Waals surface area contributed by atoms with Gasteiger partial charge in [0, 0.05) is 6.66 Å². The van der Waals surface area contributed by atoms with E-state index in [9.17, 15) is 4.57 Å². The van der Waals surface area contributed by atoms with Crippen molar-refractivity contribution in [2.45, 2.75) is 109 Å². The zero-order chi connectivity index (χ0) is 20.7. The van der Waals surface area contributed by atoms with Crippen LogP contribution in [0.4, 0.5) is 0 Å². The van der Waals surface area contributed by atoms with E-state index < -0.39 is 7.60 Å². The smallest absolute Gasteiger partial charge is 0.328 e. The predicted molar refractivity (Wildman–Crippen MR) is 121 cm³/mol. The van der Waals surface area contributed by atoms with Gasteiger partial charge in [0.05, 0.1) is 14.1 Å². The van der Waals surface area contributed by atoms with Crippen LogP contribution in [0.3, 0.4) is 0 Å². The van der Waals surface area contributed by atoms with Crippen molar-refractivity contribution in [1.82, 2.24) is 0 Å². The Labute approximate surface area is 192 Å². The number of likely N-dealkylation sites (N-methyl/N-ethyl adjacent to an activating group) is 1. The molecule has 1 aliphatic heterocycles. The summed E-state index contributed by atoms with van der Waals surface area (Å²) >= 11 is 0. The molecule has 2 atom stereocenters. The van der Waals surface area contributed by atoms with Gasteiger partial charge in [0.1, 0.15) is 25.8 Å². The Morgan fingerprint density at radius 3 is 1.76 bits per heavy atom. The van der Waals surface area contributed by atoms with Gasteiger partial charge in [-0.3, -0.25) is 9.09 Å². The second-order valence-electron chi connectivity index (χ2n) is 9.56. The number of rotatable bonds is 15. The molecule has 0 radical (unpaired) electrons. The van der Waals surface area contributed by atoms with Crippen molar-refractivity contribution < 1.29 is 35.1 Å². The lowest BCUT2D eigenvalue weighted by Crippen LogP contribution is -3.00. The van der Waals surface area contributed by atoms with Gasteiger partial charge in [-0.05, 0) is 6.42 Å². The third-order valence-corrected chi connectivity index (χ3v) is 7.27. The topological polar surface area (TPSA) is 35.5 Å². The third-order valence-electron chi connectivity index (χ3n) is 5.94. The second-order valence-corrected chi connectivity index (χ2v) is 11.6. The molecule has 1 saturated heterocycles. The molecular formula is C23H49BrNO3P. The Morgan fingerprint density at radius 1 is 0.828 bits per heavy atom. The molecule has 0 aliphatic carbocycles. The molecule has 0 N–H and O–H groups in total. The quantitative estimate of drug-likeness (QED) is 0.193. The highest BCUT2D eigenvalue weighted by atomic mass is 79.9. The average Bonchev–Trinajstić information content (AvgIpc) is 2.59. The second kappa shape index (κ2) is 17.2. The summed E-state index contributed by atoms with van der Waals surface area (Å²) < 4.78 is 24.5. The van der Waals surface area contributed by atoms with Crippen molar-refractivity contribution in [2.75, 3.05) is 40.5 Å². The summed E-state index contributed by atoms with van der Waals surface area (Å²) in [7, 11) is 1.54. The average molecular weight is 499 g/mol. The number of quaternary nitrogens is 1. The lowest BCUT2D eigenvalue weighted by molar-refractivity contribution is -0.893. The van der Waals surface area contributed by atoms with Crippen LogP contribution in [0.15, 0.2) is 0 Å². The molecule has 29 heavy (non-hydrogen) atoms. The monoisotopic (exact) mass is 497 g/mol. The van der Waals surface area contributed by atoms with Gasteiger partial charge in [-0.25, -0.2) is 0 Å². The first kappa shape index (κ1) is 29.6. The zero-order valence-electron chi connectivity index (χ0n) is 19.8. The van der Waals surface area contributed by atoms with E-state index in [-0.39, 0.29) is 23.1 Å². The maximum absolute atomic E-state index is 12.3. The van der Waals surface area contributed by atoms with Crippen molar-refractivity contribution in [3.05, 3.63) is 0 Å². The highest BCUT2D eigenvalue weighted by Crippen LogP contribution is 2.46. The van der Waals surface area contributed by atoms with Gasteiger partial charge in [-0.15, -0.1) is 0 Å². The summed E-state index contributed by atoms with van der Waals surface area (Å²) in [5, 5.41) is 0. The van der Waals surface area contributed by atoms with Crippen LogP contribution in [0.25, 0.3) is 0 Å². The Bertz CT molecular complexity index is 434. The van der Waals surface area contributed by atoms with Crippen molar-refractivity contribution in [1.29, 1.82) is 0 Å². The largest absolute Gasteiger partial charge is 1.00 e. The maximum Gasteiger partial charge on any atom is 0.328 e. The number of halogens is 1. The van der Waals surface area contributed by atoms with Crippen LogP contribution in [0.2, 0.25) is 0 Å². The number of unbranched alkanes of at least 4 members (excludes halogenated alkanes) is 13. The molecule has 6 heteroatoms. The molecule has 4 nitrogen and oxygen atoms in total. The van der Waals surface area contributed by atoms with Crippen molar-refractivity contribution in [3.63, 3.8) is 0 Å². The van der Waals surface area contributed by atoms with Gasteiger partial charge in [-0.1, -0.05) is 96.8 Å². The summed E-state index contributed by atoms with van der Waals surface area (Å²) in [6, 6.07) is 0. The van der Waals surface area contributed by atoms with Crippen molar-refractivity contribution in [3.8, 4) is 0 Å². The van der Waals surface area contributed by atoms with Crippen LogP contribution < -0.4 is 17.0 Å². The molecular weight excluding hydrogens is 449 g/mol. The molecule has 0 amide bonds. The Balaban J connectivity index is 0.00000784. The van der Waals surface area contributed by atoms with Gasteiger partial charge in [0.25, 0.3) is 0 Å². The van der Waals surface area contributed by atoms with Crippen LogP contribution in [0.1, 0.15) is 103 Å². The minimum atomic E-state index is -2.87. The molecule has 1 aliphatic rings. The normalized spacial score (nSPS) is 24.5. The molecule has 0 aromatic carbocycles. The maximum atomic E-state index is 12.3. The van der Waals surface area contributed by atoms with Crippen LogP contribution in [-0.4, -0.2) is 51.0 Å². The van der Waals surface area contributed by atoms with Crippen molar-refractivity contribution in [2.24, 2.45) is 0 Å². The third kappa shape index (κ3) is 16.9. The van der Waals surface area contributed by atoms with E-state index in [1.54, 1.807) is 6.66 Å². The van der Waals surface area contributed by atoms with Gasteiger partial charge in [0.2, 0.25) is 0 Å². The van der Waals surface area contributed by atoms with Crippen LogP contribution in [0, 0.1) is 0 Å². The summed E-state index contributed by atoms with van der Waals surface area (Å²) in [4.78, 5) is 0. The van der Waals surface area contributed by atoms with E-state index >= 15 is 0 Å². The molecule has 0 unspecified atom stereocenters. The summed E-state index contributed by atoms with van der Waals surface area (Å²) in [5.41, 5.74) is 0. The van der Waals surface area contributed by atoms with E-state index in [0.717, 1.165) is 24.0 Å². The zero-order valence-corrected chi connectivity index (χ0v) is 22.3. The molecule has 1 heterocycles. The lowest BCUT2D eigenvalue weighted by atomic mass is 10.0. The first-order chi connectivity index (χ1) is 13.3. The first-order valence-corrected chi connectivity index (χ1v) is 14.1. The fraction of sp³-hybridized carbons (Fsp3) is 1.00. The van der Waals surface area contributed by atoms with Crippen LogP contribution in [-0.2, 0) is 13.6 Å². The summed E-state index contributed by atoms with van der Waals surface area (Å²) in [5.74, 6) is 0.